The number of nitrogens with zero attached hydrogens (tertiary/aromatic N) is 2. The van der Waals surface area contributed by atoms with Crippen LogP contribution in [0.4, 0.5) is 5.69 Å². The number of oxime groups is 1. The maximum absolute atomic E-state index is 12.6. The molecule has 0 radical (unpaired) electrons. The summed E-state index contributed by atoms with van der Waals surface area (Å²) in [6.07, 6.45) is 0.231. The molecule has 3 aliphatic rings. The largest absolute Gasteiger partial charge is 0.454 e. The lowest BCUT2D eigenvalue weighted by Crippen LogP contribution is -2.40. The van der Waals surface area contributed by atoms with Crippen molar-refractivity contribution in [3.63, 3.8) is 0 Å². The van der Waals surface area contributed by atoms with E-state index in [1.807, 2.05) is 0 Å². The lowest BCUT2D eigenvalue weighted by molar-refractivity contribution is -0.119. The van der Waals surface area contributed by atoms with Gasteiger partial charge in [0.25, 0.3) is 5.91 Å². The third kappa shape index (κ3) is 1.65. The number of amides is 2. The number of benzene rings is 1. The molecular formula is C13H11N3O5. The molecule has 1 aromatic rings. The van der Waals surface area contributed by atoms with Crippen LogP contribution in [0.5, 0.6) is 11.5 Å². The summed E-state index contributed by atoms with van der Waals surface area (Å²) < 4.78 is 10.5. The van der Waals surface area contributed by atoms with E-state index in [0.717, 1.165) is 0 Å². The van der Waals surface area contributed by atoms with E-state index in [0.29, 0.717) is 28.5 Å². The van der Waals surface area contributed by atoms with E-state index in [4.69, 9.17) is 14.7 Å². The maximum Gasteiger partial charge on any atom is 0.257 e. The molecular weight excluding hydrogens is 278 g/mol. The molecule has 0 aliphatic carbocycles. The fourth-order valence-electron chi connectivity index (χ4n) is 2.82. The molecule has 4 rings (SSSR count). The van der Waals surface area contributed by atoms with Gasteiger partial charge in [-0.05, 0) is 6.07 Å². The van der Waals surface area contributed by atoms with E-state index in [2.05, 4.69) is 10.5 Å². The predicted octanol–water partition coefficient (Wildman–Crippen LogP) is 0.412. The van der Waals surface area contributed by atoms with E-state index in [9.17, 15) is 9.59 Å². The Hall–Kier alpha value is -2.77. The van der Waals surface area contributed by atoms with Crippen molar-refractivity contribution >= 4 is 23.2 Å². The summed E-state index contributed by atoms with van der Waals surface area (Å²) in [5.41, 5.74) is 1.16. The first-order valence-corrected chi connectivity index (χ1v) is 6.42. The summed E-state index contributed by atoms with van der Waals surface area (Å²) >= 11 is 0. The molecule has 0 spiro atoms. The van der Waals surface area contributed by atoms with Crippen LogP contribution in [-0.2, 0) is 4.79 Å². The van der Waals surface area contributed by atoms with Crippen LogP contribution in [0.3, 0.4) is 0 Å². The molecule has 1 aromatic carbocycles. The normalized spacial score (nSPS) is 24.7. The van der Waals surface area contributed by atoms with Crippen LogP contribution in [0.15, 0.2) is 17.3 Å². The average Bonchev–Trinajstić information content (AvgIpc) is 3.09. The van der Waals surface area contributed by atoms with Crippen molar-refractivity contribution < 1.29 is 24.3 Å². The van der Waals surface area contributed by atoms with Crippen LogP contribution in [0.25, 0.3) is 0 Å². The molecule has 8 nitrogen and oxygen atoms in total. The molecule has 2 amide bonds. The summed E-state index contributed by atoms with van der Waals surface area (Å²) in [5.74, 6) is 0.372. The van der Waals surface area contributed by atoms with Gasteiger partial charge in [-0.25, -0.2) is 0 Å². The molecule has 0 bridgehead atoms. The first kappa shape index (κ1) is 12.0. The number of ether oxygens (including phenoxy) is 2. The number of fused-ring (bicyclic) bond motifs is 3. The van der Waals surface area contributed by atoms with Gasteiger partial charge in [0.1, 0.15) is 6.04 Å². The Balaban J connectivity index is 1.82. The zero-order valence-corrected chi connectivity index (χ0v) is 10.8. The molecule has 21 heavy (non-hydrogen) atoms. The van der Waals surface area contributed by atoms with E-state index in [1.165, 1.54) is 4.90 Å². The van der Waals surface area contributed by atoms with Crippen molar-refractivity contribution in [3.05, 3.63) is 17.7 Å². The van der Waals surface area contributed by atoms with Crippen molar-refractivity contribution in [2.45, 2.75) is 12.5 Å². The second-order valence-electron chi connectivity index (χ2n) is 5.06. The van der Waals surface area contributed by atoms with Crippen molar-refractivity contribution in [2.75, 3.05) is 18.7 Å². The number of carbonyl (C=O) groups is 2. The summed E-state index contributed by atoms with van der Waals surface area (Å²) in [5, 5.41) is 14.7. The fourth-order valence-corrected chi connectivity index (χ4v) is 2.82. The second-order valence-corrected chi connectivity index (χ2v) is 5.06. The molecule has 108 valence electrons. The van der Waals surface area contributed by atoms with Gasteiger partial charge in [0.05, 0.1) is 23.5 Å². The first-order valence-electron chi connectivity index (χ1n) is 6.42. The predicted molar refractivity (Wildman–Crippen MR) is 69.9 cm³/mol. The Kier molecular flexibility index (Phi) is 2.35. The molecule has 1 saturated heterocycles. The smallest absolute Gasteiger partial charge is 0.257 e. The van der Waals surface area contributed by atoms with Crippen LogP contribution in [0.2, 0.25) is 0 Å². The Morgan fingerprint density at radius 2 is 2.05 bits per heavy atom. The van der Waals surface area contributed by atoms with E-state index >= 15 is 0 Å². The fraction of sp³-hybridized carbons (Fsp3) is 0.308. The van der Waals surface area contributed by atoms with Gasteiger partial charge >= 0.3 is 0 Å². The van der Waals surface area contributed by atoms with Gasteiger partial charge in [-0.1, -0.05) is 5.16 Å². The van der Waals surface area contributed by atoms with Gasteiger partial charge in [-0.3, -0.25) is 9.59 Å². The van der Waals surface area contributed by atoms with Gasteiger partial charge in [0.15, 0.2) is 11.5 Å². The highest BCUT2D eigenvalue weighted by Crippen LogP contribution is 2.39. The summed E-state index contributed by atoms with van der Waals surface area (Å²) in [4.78, 5) is 26.3. The standard InChI is InChI=1S/C13H11N3O5/c17-12-9-1-6(15-19)4-16(9)13(18)7-2-10-11(21-5-20-10)3-8(7)14-12/h2-3,9,19H,1,4-5H2,(H,14,17). The Morgan fingerprint density at radius 1 is 1.29 bits per heavy atom. The highest BCUT2D eigenvalue weighted by molar-refractivity contribution is 6.14. The van der Waals surface area contributed by atoms with E-state index in [1.54, 1.807) is 12.1 Å². The summed E-state index contributed by atoms with van der Waals surface area (Å²) in [7, 11) is 0. The minimum absolute atomic E-state index is 0.0913. The quantitative estimate of drug-likeness (QED) is 0.532. The minimum Gasteiger partial charge on any atom is -0.454 e. The van der Waals surface area contributed by atoms with E-state index in [-0.39, 0.29) is 31.6 Å². The summed E-state index contributed by atoms with van der Waals surface area (Å²) in [6.45, 7) is 0.231. The zero-order chi connectivity index (χ0) is 14.6. The molecule has 2 N–H and O–H groups in total. The van der Waals surface area contributed by atoms with Gasteiger partial charge in [0, 0.05) is 12.5 Å². The van der Waals surface area contributed by atoms with Crippen LogP contribution in [0, 0.1) is 0 Å². The summed E-state index contributed by atoms with van der Waals surface area (Å²) in [6, 6.07) is 2.50. The highest BCUT2D eigenvalue weighted by Gasteiger charge is 2.42. The monoisotopic (exact) mass is 289 g/mol. The van der Waals surface area contributed by atoms with Crippen LogP contribution < -0.4 is 14.8 Å². The Bertz CT molecular complexity index is 699. The lowest BCUT2D eigenvalue weighted by atomic mass is 10.1. The Morgan fingerprint density at radius 3 is 2.81 bits per heavy atom. The molecule has 0 aromatic heterocycles. The van der Waals surface area contributed by atoms with Gasteiger partial charge in [-0.15, -0.1) is 0 Å². The molecule has 3 heterocycles. The number of hydrogen-bond donors (Lipinski definition) is 2. The van der Waals surface area contributed by atoms with Crippen molar-refractivity contribution in [3.8, 4) is 11.5 Å². The van der Waals surface area contributed by atoms with Crippen molar-refractivity contribution in [1.29, 1.82) is 0 Å². The third-order valence-electron chi connectivity index (χ3n) is 3.86. The van der Waals surface area contributed by atoms with Gasteiger partial charge in [-0.2, -0.15) is 0 Å². The molecule has 3 aliphatic heterocycles. The van der Waals surface area contributed by atoms with Gasteiger partial charge < -0.3 is 24.9 Å². The lowest BCUT2D eigenvalue weighted by Gasteiger charge is -2.19. The van der Waals surface area contributed by atoms with Crippen molar-refractivity contribution in [2.24, 2.45) is 5.16 Å². The Labute approximate surface area is 118 Å². The first-order chi connectivity index (χ1) is 10.2. The van der Waals surface area contributed by atoms with Crippen molar-refractivity contribution in [1.82, 2.24) is 4.90 Å². The van der Waals surface area contributed by atoms with Crippen LogP contribution >= 0.6 is 0 Å². The van der Waals surface area contributed by atoms with Crippen LogP contribution in [-0.4, -0.2) is 47.0 Å². The second kappa shape index (κ2) is 4.11. The minimum atomic E-state index is -0.660. The van der Waals surface area contributed by atoms with E-state index < -0.39 is 6.04 Å². The topological polar surface area (TPSA) is 100 Å². The van der Waals surface area contributed by atoms with Crippen LogP contribution in [0.1, 0.15) is 16.8 Å². The molecule has 8 heteroatoms. The molecule has 0 saturated carbocycles. The molecule has 1 fully saturated rings. The molecule has 1 unspecified atom stereocenters. The number of hydrogen-bond acceptors (Lipinski definition) is 6. The molecule has 1 atom stereocenters. The number of carbonyl (C=O) groups excluding carboxylic acids is 2. The zero-order valence-electron chi connectivity index (χ0n) is 10.8. The third-order valence-corrected chi connectivity index (χ3v) is 3.86. The average molecular weight is 289 g/mol. The maximum atomic E-state index is 12.6. The SMILES string of the molecule is O=C1Nc2cc3c(cc2C(=O)N2CC(=NO)CC12)OCO3. The number of nitrogens with one attached hydrogen (secondary N) is 1. The highest BCUT2D eigenvalue weighted by atomic mass is 16.7. The van der Waals surface area contributed by atoms with Gasteiger partial charge in [0.2, 0.25) is 12.7 Å². The number of rotatable bonds is 0. The number of anilines is 1.